The van der Waals surface area contributed by atoms with E-state index in [1.165, 1.54) is 0 Å². The second-order valence-electron chi connectivity index (χ2n) is 4.76. The van der Waals surface area contributed by atoms with E-state index in [1.807, 2.05) is 36.4 Å². The number of carbonyl (C=O) groups is 1. The number of carbonyl (C=O) groups excluding carboxylic acids is 1. The van der Waals surface area contributed by atoms with Crippen LogP contribution >= 0.6 is 0 Å². The van der Waals surface area contributed by atoms with Crippen molar-refractivity contribution in [1.29, 1.82) is 0 Å². The molecule has 1 atom stereocenters. The Bertz CT molecular complexity index is 621. The molecule has 2 aromatic carbocycles. The third kappa shape index (κ3) is 3.52. The molecule has 0 saturated heterocycles. The first-order valence-corrected chi connectivity index (χ1v) is 7.06. The van der Waals surface area contributed by atoms with Gasteiger partial charge in [-0.2, -0.15) is 0 Å². The molecule has 0 fully saturated rings. The zero-order chi connectivity index (χ0) is 15.2. The van der Waals surface area contributed by atoms with Crippen LogP contribution in [-0.4, -0.2) is 24.8 Å². The SMILES string of the molecule is CCOC(=O)CCC(O)c1ccc(OC)c2ccccc12. The summed E-state index contributed by atoms with van der Waals surface area (Å²) >= 11 is 0. The minimum Gasteiger partial charge on any atom is -0.496 e. The molecule has 2 aromatic rings. The first kappa shape index (κ1) is 15.3. The summed E-state index contributed by atoms with van der Waals surface area (Å²) in [5.41, 5.74) is 0.802. The van der Waals surface area contributed by atoms with Crippen molar-refractivity contribution in [3.8, 4) is 5.75 Å². The fourth-order valence-electron chi connectivity index (χ4n) is 2.41. The topological polar surface area (TPSA) is 55.8 Å². The van der Waals surface area contributed by atoms with E-state index < -0.39 is 6.10 Å². The van der Waals surface area contributed by atoms with E-state index in [-0.39, 0.29) is 12.4 Å². The molecule has 0 aliphatic carbocycles. The largest absolute Gasteiger partial charge is 0.496 e. The molecular weight excluding hydrogens is 268 g/mol. The summed E-state index contributed by atoms with van der Waals surface area (Å²) in [5.74, 6) is 0.487. The van der Waals surface area contributed by atoms with Crippen molar-refractivity contribution in [3.05, 3.63) is 42.0 Å². The molecule has 4 nitrogen and oxygen atoms in total. The van der Waals surface area contributed by atoms with E-state index in [0.29, 0.717) is 13.0 Å². The van der Waals surface area contributed by atoms with Crippen LogP contribution in [0.1, 0.15) is 31.4 Å². The third-order valence-electron chi connectivity index (χ3n) is 3.42. The zero-order valence-corrected chi connectivity index (χ0v) is 12.3. The highest BCUT2D eigenvalue weighted by Crippen LogP contribution is 2.32. The second kappa shape index (κ2) is 7.09. The highest BCUT2D eigenvalue weighted by Gasteiger charge is 2.15. The molecule has 1 N–H and O–H groups in total. The molecule has 0 spiro atoms. The van der Waals surface area contributed by atoms with E-state index >= 15 is 0 Å². The van der Waals surface area contributed by atoms with Crippen LogP contribution in [-0.2, 0) is 9.53 Å². The van der Waals surface area contributed by atoms with Gasteiger partial charge in [0.1, 0.15) is 5.75 Å². The van der Waals surface area contributed by atoms with Crippen LogP contribution in [0.3, 0.4) is 0 Å². The summed E-state index contributed by atoms with van der Waals surface area (Å²) in [6.07, 6.45) is -0.157. The first-order chi connectivity index (χ1) is 10.2. The molecule has 112 valence electrons. The highest BCUT2D eigenvalue weighted by atomic mass is 16.5. The van der Waals surface area contributed by atoms with Gasteiger partial charge in [-0.1, -0.05) is 30.3 Å². The van der Waals surface area contributed by atoms with Gasteiger partial charge in [0.15, 0.2) is 0 Å². The van der Waals surface area contributed by atoms with Gasteiger partial charge < -0.3 is 14.6 Å². The Labute approximate surface area is 124 Å². The first-order valence-electron chi connectivity index (χ1n) is 7.06. The Morgan fingerprint density at radius 3 is 2.57 bits per heavy atom. The van der Waals surface area contributed by atoms with Gasteiger partial charge in [-0.15, -0.1) is 0 Å². The van der Waals surface area contributed by atoms with Crippen molar-refractivity contribution in [2.24, 2.45) is 0 Å². The smallest absolute Gasteiger partial charge is 0.305 e. The lowest BCUT2D eigenvalue weighted by molar-refractivity contribution is -0.143. The van der Waals surface area contributed by atoms with Crippen LogP contribution in [0.25, 0.3) is 10.8 Å². The lowest BCUT2D eigenvalue weighted by atomic mass is 9.97. The Morgan fingerprint density at radius 2 is 1.90 bits per heavy atom. The molecule has 0 aliphatic rings. The number of aliphatic hydroxyl groups excluding tert-OH is 1. The number of benzene rings is 2. The minimum absolute atomic E-state index is 0.204. The quantitative estimate of drug-likeness (QED) is 0.829. The maximum absolute atomic E-state index is 11.4. The average Bonchev–Trinajstić information content (AvgIpc) is 2.51. The molecule has 0 amide bonds. The summed E-state index contributed by atoms with van der Waals surface area (Å²) in [7, 11) is 1.62. The van der Waals surface area contributed by atoms with Gasteiger partial charge in [0.05, 0.1) is 19.8 Å². The third-order valence-corrected chi connectivity index (χ3v) is 3.42. The van der Waals surface area contributed by atoms with Gasteiger partial charge in [-0.25, -0.2) is 0 Å². The normalized spacial score (nSPS) is 12.1. The summed E-state index contributed by atoms with van der Waals surface area (Å²) in [6.45, 7) is 2.13. The van der Waals surface area contributed by atoms with Crippen LogP contribution in [0.2, 0.25) is 0 Å². The van der Waals surface area contributed by atoms with Gasteiger partial charge >= 0.3 is 5.97 Å². The van der Waals surface area contributed by atoms with Crippen molar-refractivity contribution in [2.75, 3.05) is 13.7 Å². The number of aliphatic hydroxyl groups is 1. The Hall–Kier alpha value is -2.07. The molecule has 0 saturated carbocycles. The summed E-state index contributed by atoms with van der Waals surface area (Å²) in [4.78, 5) is 11.4. The maximum atomic E-state index is 11.4. The highest BCUT2D eigenvalue weighted by molar-refractivity contribution is 5.91. The van der Waals surface area contributed by atoms with Crippen LogP contribution in [0.4, 0.5) is 0 Å². The Balaban J connectivity index is 2.23. The lowest BCUT2D eigenvalue weighted by Gasteiger charge is -2.15. The summed E-state index contributed by atoms with van der Waals surface area (Å²) in [6, 6.07) is 11.4. The second-order valence-corrected chi connectivity index (χ2v) is 4.76. The van der Waals surface area contributed by atoms with Crippen molar-refractivity contribution < 1.29 is 19.4 Å². The molecule has 1 unspecified atom stereocenters. The van der Waals surface area contributed by atoms with Gasteiger partial charge in [-0.3, -0.25) is 4.79 Å². The number of ether oxygens (including phenoxy) is 2. The van der Waals surface area contributed by atoms with Gasteiger partial charge in [0.2, 0.25) is 0 Å². The minimum atomic E-state index is -0.704. The van der Waals surface area contributed by atoms with Gasteiger partial charge in [-0.05, 0) is 30.4 Å². The van der Waals surface area contributed by atoms with Crippen LogP contribution in [0, 0.1) is 0 Å². The average molecular weight is 288 g/mol. The number of esters is 1. The van der Waals surface area contributed by atoms with Gasteiger partial charge in [0, 0.05) is 11.8 Å². The van der Waals surface area contributed by atoms with E-state index in [1.54, 1.807) is 14.0 Å². The van der Waals surface area contributed by atoms with E-state index in [4.69, 9.17) is 9.47 Å². The fourth-order valence-corrected chi connectivity index (χ4v) is 2.41. The predicted molar refractivity (Wildman–Crippen MR) is 81.3 cm³/mol. The molecule has 21 heavy (non-hydrogen) atoms. The van der Waals surface area contributed by atoms with E-state index in [0.717, 1.165) is 22.1 Å². The van der Waals surface area contributed by atoms with Crippen LogP contribution in [0.5, 0.6) is 5.75 Å². The predicted octanol–water partition coefficient (Wildman–Crippen LogP) is 3.23. The molecule has 0 aromatic heterocycles. The van der Waals surface area contributed by atoms with Crippen LogP contribution in [0.15, 0.2) is 36.4 Å². The van der Waals surface area contributed by atoms with Crippen molar-refractivity contribution in [1.82, 2.24) is 0 Å². The number of fused-ring (bicyclic) bond motifs is 1. The van der Waals surface area contributed by atoms with E-state index in [9.17, 15) is 9.90 Å². The molecule has 0 aliphatic heterocycles. The number of hydrogen-bond donors (Lipinski definition) is 1. The van der Waals surface area contributed by atoms with Crippen molar-refractivity contribution >= 4 is 16.7 Å². The standard InChI is InChI=1S/C17H20O4/c1-3-21-17(19)11-9-15(18)13-8-10-16(20-2)14-7-5-4-6-12(13)14/h4-8,10,15,18H,3,9,11H2,1-2H3. The van der Waals surface area contributed by atoms with Crippen molar-refractivity contribution in [3.63, 3.8) is 0 Å². The Morgan fingerprint density at radius 1 is 1.19 bits per heavy atom. The molecule has 0 bridgehead atoms. The molecule has 4 heteroatoms. The summed E-state index contributed by atoms with van der Waals surface area (Å²) in [5, 5.41) is 12.2. The van der Waals surface area contributed by atoms with Crippen LogP contribution < -0.4 is 4.74 Å². The lowest BCUT2D eigenvalue weighted by Crippen LogP contribution is -2.07. The number of rotatable bonds is 6. The van der Waals surface area contributed by atoms with Crippen molar-refractivity contribution in [2.45, 2.75) is 25.9 Å². The number of methoxy groups -OCH3 is 1. The number of hydrogen-bond acceptors (Lipinski definition) is 4. The summed E-state index contributed by atoms with van der Waals surface area (Å²) < 4.78 is 10.2. The Kier molecular flexibility index (Phi) is 5.17. The monoisotopic (exact) mass is 288 g/mol. The maximum Gasteiger partial charge on any atom is 0.305 e. The van der Waals surface area contributed by atoms with E-state index in [2.05, 4.69) is 0 Å². The fraction of sp³-hybridized carbons (Fsp3) is 0.353. The zero-order valence-electron chi connectivity index (χ0n) is 12.3. The van der Waals surface area contributed by atoms with Gasteiger partial charge in [0.25, 0.3) is 0 Å². The molecule has 2 rings (SSSR count). The molecule has 0 radical (unpaired) electrons. The molecular formula is C17H20O4. The molecule has 0 heterocycles.